The first-order chi connectivity index (χ1) is 10.5. The maximum Gasteiger partial charge on any atom is 0.328 e. The van der Waals surface area contributed by atoms with Crippen molar-refractivity contribution < 1.29 is 9.59 Å². The number of rotatable bonds is 3. The Bertz CT molecular complexity index is 818. The molecule has 2 heterocycles. The zero-order chi connectivity index (χ0) is 15.9. The van der Waals surface area contributed by atoms with Gasteiger partial charge in [0.15, 0.2) is 0 Å². The minimum atomic E-state index is -0.433. The molecule has 0 radical (unpaired) electrons. The van der Waals surface area contributed by atoms with Crippen LogP contribution in [0.1, 0.15) is 18.4 Å². The molecule has 7 heteroatoms. The molecule has 1 aromatic heterocycles. The maximum absolute atomic E-state index is 12.0. The second-order valence-corrected chi connectivity index (χ2v) is 5.60. The summed E-state index contributed by atoms with van der Waals surface area (Å²) < 4.78 is 3.17. The van der Waals surface area contributed by atoms with Gasteiger partial charge in [0.1, 0.15) is 6.04 Å². The lowest BCUT2D eigenvalue weighted by atomic mass is 10.1. The Morgan fingerprint density at radius 1 is 1.27 bits per heavy atom. The average Bonchev–Trinajstić information content (AvgIpc) is 3.04. The van der Waals surface area contributed by atoms with Gasteiger partial charge in [-0.1, -0.05) is 6.07 Å². The fourth-order valence-electron chi connectivity index (χ4n) is 2.79. The Hall–Kier alpha value is -2.57. The van der Waals surface area contributed by atoms with Crippen LogP contribution in [-0.4, -0.2) is 27.0 Å². The van der Waals surface area contributed by atoms with E-state index in [0.717, 1.165) is 16.6 Å². The van der Waals surface area contributed by atoms with Crippen molar-refractivity contribution in [3.8, 4) is 0 Å². The zero-order valence-electron chi connectivity index (χ0n) is 12.5. The van der Waals surface area contributed by atoms with E-state index in [1.54, 1.807) is 23.2 Å². The van der Waals surface area contributed by atoms with E-state index in [9.17, 15) is 14.4 Å². The molecule has 0 bridgehead atoms. The molecule has 22 heavy (non-hydrogen) atoms. The Labute approximate surface area is 126 Å². The molecule has 116 valence electrons. The van der Waals surface area contributed by atoms with Gasteiger partial charge in [0.2, 0.25) is 11.8 Å². The number of carbonyl (C=O) groups is 2. The fraction of sp³-hybridized carbons (Fsp3) is 0.400. The summed E-state index contributed by atoms with van der Waals surface area (Å²) in [5.74, 6) is -0.256. The Morgan fingerprint density at radius 3 is 2.68 bits per heavy atom. The lowest BCUT2D eigenvalue weighted by Crippen LogP contribution is -2.41. The van der Waals surface area contributed by atoms with Gasteiger partial charge in [-0.25, -0.2) is 4.79 Å². The third-order valence-electron chi connectivity index (χ3n) is 4.11. The number of nitrogens with one attached hydrogen (secondary N) is 2. The Kier molecular flexibility index (Phi) is 3.48. The highest BCUT2D eigenvalue weighted by Gasteiger charge is 2.26. The highest BCUT2D eigenvalue weighted by molar-refractivity contribution is 5.90. The summed E-state index contributed by atoms with van der Waals surface area (Å²) in [6.45, 7) is 0.365. The number of carbonyl (C=O) groups excluding carboxylic acids is 2. The summed E-state index contributed by atoms with van der Waals surface area (Å²) in [5.41, 5.74) is 2.51. The molecule has 1 fully saturated rings. The number of imidazole rings is 1. The van der Waals surface area contributed by atoms with Crippen molar-refractivity contribution in [1.82, 2.24) is 19.8 Å². The predicted molar refractivity (Wildman–Crippen MR) is 81.2 cm³/mol. The molecule has 1 saturated heterocycles. The third kappa shape index (κ3) is 2.38. The van der Waals surface area contributed by atoms with E-state index in [1.807, 2.05) is 18.2 Å². The number of benzene rings is 1. The number of hydrogen-bond donors (Lipinski definition) is 2. The van der Waals surface area contributed by atoms with E-state index >= 15 is 0 Å². The summed E-state index contributed by atoms with van der Waals surface area (Å²) in [4.78, 5) is 35.0. The quantitative estimate of drug-likeness (QED) is 0.821. The van der Waals surface area contributed by atoms with Crippen molar-refractivity contribution in [3.63, 3.8) is 0 Å². The minimum Gasteiger partial charge on any atom is -0.350 e. The first kappa shape index (κ1) is 14.4. The van der Waals surface area contributed by atoms with Gasteiger partial charge in [-0.15, -0.1) is 0 Å². The summed E-state index contributed by atoms with van der Waals surface area (Å²) in [6.07, 6.45) is 0.938. The van der Waals surface area contributed by atoms with Crippen molar-refractivity contribution >= 4 is 22.8 Å². The molecule has 7 nitrogen and oxygen atoms in total. The third-order valence-corrected chi connectivity index (χ3v) is 4.11. The van der Waals surface area contributed by atoms with Crippen LogP contribution < -0.4 is 16.3 Å². The monoisotopic (exact) mass is 302 g/mol. The number of aryl methyl sites for hydroxylation is 2. The maximum atomic E-state index is 12.0. The van der Waals surface area contributed by atoms with Crippen molar-refractivity contribution in [2.24, 2.45) is 14.1 Å². The Morgan fingerprint density at radius 2 is 2.00 bits per heavy atom. The molecule has 1 unspecified atom stereocenters. The summed E-state index contributed by atoms with van der Waals surface area (Å²) >= 11 is 0. The van der Waals surface area contributed by atoms with Crippen LogP contribution in [0.3, 0.4) is 0 Å². The highest BCUT2D eigenvalue weighted by atomic mass is 16.2. The van der Waals surface area contributed by atoms with Crippen molar-refractivity contribution in [2.45, 2.75) is 25.4 Å². The predicted octanol–water partition coefficient (Wildman–Crippen LogP) is -0.228. The van der Waals surface area contributed by atoms with Gasteiger partial charge in [-0.05, 0) is 24.1 Å². The second kappa shape index (κ2) is 5.32. The summed E-state index contributed by atoms with van der Waals surface area (Å²) in [6, 6.07) is 5.21. The zero-order valence-corrected chi connectivity index (χ0v) is 12.5. The largest absolute Gasteiger partial charge is 0.350 e. The second-order valence-electron chi connectivity index (χ2n) is 5.60. The van der Waals surface area contributed by atoms with Gasteiger partial charge in [-0.2, -0.15) is 0 Å². The first-order valence-electron chi connectivity index (χ1n) is 7.19. The van der Waals surface area contributed by atoms with Crippen LogP contribution in [0.2, 0.25) is 0 Å². The molecule has 1 atom stereocenters. The van der Waals surface area contributed by atoms with E-state index in [4.69, 9.17) is 0 Å². The molecule has 0 spiro atoms. The molecule has 0 aliphatic carbocycles. The van der Waals surface area contributed by atoms with E-state index in [0.29, 0.717) is 19.4 Å². The normalized spacial score (nSPS) is 17.7. The van der Waals surface area contributed by atoms with Gasteiger partial charge >= 0.3 is 5.69 Å². The molecular formula is C15H18N4O3. The van der Waals surface area contributed by atoms with Crippen LogP contribution in [0.15, 0.2) is 23.0 Å². The SMILES string of the molecule is Cn1c(=O)n(C)c2cc(CNC(=O)C3CCC(=O)N3)ccc21. The van der Waals surface area contributed by atoms with Gasteiger partial charge < -0.3 is 10.6 Å². The molecule has 2 aromatic rings. The van der Waals surface area contributed by atoms with Crippen LogP contribution >= 0.6 is 0 Å². The number of fused-ring (bicyclic) bond motifs is 1. The average molecular weight is 302 g/mol. The van der Waals surface area contributed by atoms with Gasteiger partial charge in [0.25, 0.3) is 0 Å². The van der Waals surface area contributed by atoms with E-state index in [-0.39, 0.29) is 17.5 Å². The van der Waals surface area contributed by atoms with Gasteiger partial charge in [0, 0.05) is 27.1 Å². The van der Waals surface area contributed by atoms with Crippen LogP contribution in [-0.2, 0) is 30.2 Å². The van der Waals surface area contributed by atoms with Crippen LogP contribution in [0, 0.1) is 0 Å². The van der Waals surface area contributed by atoms with Crippen molar-refractivity contribution in [2.75, 3.05) is 0 Å². The lowest BCUT2D eigenvalue weighted by molar-refractivity contribution is -0.125. The Balaban J connectivity index is 1.74. The molecular weight excluding hydrogens is 284 g/mol. The lowest BCUT2D eigenvalue weighted by Gasteiger charge is -2.11. The molecule has 3 rings (SSSR count). The van der Waals surface area contributed by atoms with Crippen LogP contribution in [0.4, 0.5) is 0 Å². The summed E-state index contributed by atoms with van der Waals surface area (Å²) in [7, 11) is 3.45. The minimum absolute atomic E-state index is 0.0788. The number of amides is 2. The highest BCUT2D eigenvalue weighted by Crippen LogP contribution is 2.14. The molecule has 0 saturated carbocycles. The molecule has 1 aromatic carbocycles. The van der Waals surface area contributed by atoms with Gasteiger partial charge in [0.05, 0.1) is 11.0 Å². The van der Waals surface area contributed by atoms with Crippen molar-refractivity contribution in [1.29, 1.82) is 0 Å². The van der Waals surface area contributed by atoms with Crippen LogP contribution in [0.25, 0.3) is 11.0 Å². The molecule has 1 aliphatic rings. The number of aromatic nitrogens is 2. The first-order valence-corrected chi connectivity index (χ1v) is 7.19. The van der Waals surface area contributed by atoms with Gasteiger partial charge in [-0.3, -0.25) is 18.7 Å². The molecule has 1 aliphatic heterocycles. The standard InChI is InChI=1S/C15H18N4O3/c1-18-11-5-3-9(7-12(11)19(2)15(18)22)8-16-14(21)10-4-6-13(20)17-10/h3,5,7,10H,4,6,8H2,1-2H3,(H,16,21)(H,17,20). The number of nitrogens with zero attached hydrogens (tertiary/aromatic N) is 2. The fourth-order valence-corrected chi connectivity index (χ4v) is 2.79. The topological polar surface area (TPSA) is 85.1 Å². The summed E-state index contributed by atoms with van der Waals surface area (Å²) in [5, 5.41) is 5.46. The van der Waals surface area contributed by atoms with E-state index < -0.39 is 6.04 Å². The molecule has 2 N–H and O–H groups in total. The van der Waals surface area contributed by atoms with Crippen LogP contribution in [0.5, 0.6) is 0 Å². The number of hydrogen-bond acceptors (Lipinski definition) is 3. The molecule has 2 amide bonds. The smallest absolute Gasteiger partial charge is 0.328 e. The van der Waals surface area contributed by atoms with E-state index in [2.05, 4.69) is 10.6 Å². The van der Waals surface area contributed by atoms with E-state index in [1.165, 1.54) is 0 Å². The van der Waals surface area contributed by atoms with Crippen molar-refractivity contribution in [3.05, 3.63) is 34.2 Å².